The Labute approximate surface area is 169 Å². The number of nitrogens with zero attached hydrogens (tertiary/aromatic N) is 2. The first kappa shape index (κ1) is 19.2. The monoisotopic (exact) mass is 392 g/mol. The second-order valence-electron chi connectivity index (χ2n) is 7.65. The SMILES string of the molecule is Cc1ccc(-c2cc(C(=O)OCC(=O)N3CCC[C@@H](C)C3)c3ccccc3n2)o1. The van der Waals surface area contributed by atoms with E-state index >= 15 is 0 Å². The van der Waals surface area contributed by atoms with E-state index in [2.05, 4.69) is 11.9 Å². The highest BCUT2D eigenvalue weighted by Gasteiger charge is 2.23. The van der Waals surface area contributed by atoms with Crippen molar-refractivity contribution in [1.29, 1.82) is 0 Å². The molecule has 6 heteroatoms. The molecule has 2 aromatic heterocycles. The number of pyridine rings is 1. The van der Waals surface area contributed by atoms with E-state index in [0.29, 0.717) is 33.8 Å². The van der Waals surface area contributed by atoms with Crippen molar-refractivity contribution in [3.63, 3.8) is 0 Å². The Morgan fingerprint density at radius 2 is 2.07 bits per heavy atom. The van der Waals surface area contributed by atoms with E-state index < -0.39 is 5.97 Å². The van der Waals surface area contributed by atoms with Gasteiger partial charge in [-0.25, -0.2) is 9.78 Å². The summed E-state index contributed by atoms with van der Waals surface area (Å²) in [5.41, 5.74) is 1.60. The first-order valence-corrected chi connectivity index (χ1v) is 9.93. The van der Waals surface area contributed by atoms with Gasteiger partial charge in [-0.1, -0.05) is 25.1 Å². The molecule has 1 aliphatic rings. The van der Waals surface area contributed by atoms with E-state index in [1.807, 2.05) is 43.3 Å². The number of piperidine rings is 1. The second kappa shape index (κ2) is 8.07. The third-order valence-electron chi connectivity index (χ3n) is 5.27. The van der Waals surface area contributed by atoms with Crippen LogP contribution in [0, 0.1) is 12.8 Å². The Bertz CT molecular complexity index is 1060. The molecule has 1 aliphatic heterocycles. The van der Waals surface area contributed by atoms with Crippen LogP contribution in [0.25, 0.3) is 22.4 Å². The average Bonchev–Trinajstić information content (AvgIpc) is 3.17. The molecule has 29 heavy (non-hydrogen) atoms. The van der Waals surface area contributed by atoms with Crippen molar-refractivity contribution < 1.29 is 18.7 Å². The van der Waals surface area contributed by atoms with Crippen LogP contribution in [0.1, 0.15) is 35.9 Å². The molecule has 0 N–H and O–H groups in total. The highest BCUT2D eigenvalue weighted by atomic mass is 16.5. The summed E-state index contributed by atoms with van der Waals surface area (Å²) in [5.74, 6) is 1.14. The molecule has 1 aromatic carbocycles. The van der Waals surface area contributed by atoms with Crippen LogP contribution in [0.3, 0.4) is 0 Å². The molecule has 0 saturated carbocycles. The summed E-state index contributed by atoms with van der Waals surface area (Å²) >= 11 is 0. The molecule has 3 heterocycles. The zero-order valence-corrected chi connectivity index (χ0v) is 16.7. The minimum atomic E-state index is -0.536. The van der Waals surface area contributed by atoms with Crippen LogP contribution in [-0.2, 0) is 9.53 Å². The molecule has 0 bridgehead atoms. The van der Waals surface area contributed by atoms with E-state index in [1.165, 1.54) is 0 Å². The Kier molecular flexibility index (Phi) is 5.34. The van der Waals surface area contributed by atoms with Gasteiger partial charge in [-0.2, -0.15) is 0 Å². The molecule has 0 radical (unpaired) electrons. The Morgan fingerprint density at radius 3 is 2.83 bits per heavy atom. The van der Waals surface area contributed by atoms with Crippen LogP contribution < -0.4 is 0 Å². The zero-order valence-electron chi connectivity index (χ0n) is 16.7. The van der Waals surface area contributed by atoms with Gasteiger partial charge in [0.15, 0.2) is 12.4 Å². The average molecular weight is 392 g/mol. The first-order chi connectivity index (χ1) is 14.0. The lowest BCUT2D eigenvalue weighted by molar-refractivity contribution is -0.136. The van der Waals surface area contributed by atoms with Crippen molar-refractivity contribution in [3.8, 4) is 11.5 Å². The van der Waals surface area contributed by atoms with E-state index in [1.54, 1.807) is 11.0 Å². The zero-order chi connectivity index (χ0) is 20.4. The maximum atomic E-state index is 12.8. The lowest BCUT2D eigenvalue weighted by atomic mass is 10.0. The molecule has 3 aromatic rings. The van der Waals surface area contributed by atoms with Gasteiger partial charge in [0.2, 0.25) is 0 Å². The topological polar surface area (TPSA) is 72.6 Å². The van der Waals surface area contributed by atoms with Crippen molar-refractivity contribution in [2.75, 3.05) is 19.7 Å². The fourth-order valence-corrected chi connectivity index (χ4v) is 3.75. The summed E-state index contributed by atoms with van der Waals surface area (Å²) in [6.45, 7) is 5.17. The van der Waals surface area contributed by atoms with Crippen molar-refractivity contribution in [2.24, 2.45) is 5.92 Å². The summed E-state index contributed by atoms with van der Waals surface area (Å²) < 4.78 is 11.1. The van der Waals surface area contributed by atoms with Crippen LogP contribution in [0.4, 0.5) is 0 Å². The summed E-state index contributed by atoms with van der Waals surface area (Å²) in [4.78, 5) is 31.7. The largest absolute Gasteiger partial charge is 0.460 e. The molecule has 4 rings (SSSR count). The maximum absolute atomic E-state index is 12.8. The number of benzene rings is 1. The van der Waals surface area contributed by atoms with Crippen LogP contribution in [0.5, 0.6) is 0 Å². The minimum Gasteiger partial charge on any atom is -0.460 e. The van der Waals surface area contributed by atoms with Crippen molar-refractivity contribution in [3.05, 3.63) is 53.8 Å². The number of carbonyl (C=O) groups is 2. The third kappa shape index (κ3) is 4.16. The number of rotatable bonds is 4. The first-order valence-electron chi connectivity index (χ1n) is 9.93. The van der Waals surface area contributed by atoms with Gasteiger partial charge in [0.25, 0.3) is 5.91 Å². The highest BCUT2D eigenvalue weighted by molar-refractivity contribution is 6.05. The fraction of sp³-hybridized carbons (Fsp3) is 0.348. The van der Waals surface area contributed by atoms with Gasteiger partial charge in [0.1, 0.15) is 11.5 Å². The number of para-hydroxylation sites is 1. The maximum Gasteiger partial charge on any atom is 0.339 e. The summed E-state index contributed by atoms with van der Waals surface area (Å²) in [7, 11) is 0. The van der Waals surface area contributed by atoms with E-state index in [4.69, 9.17) is 9.15 Å². The van der Waals surface area contributed by atoms with E-state index in [0.717, 1.165) is 31.7 Å². The van der Waals surface area contributed by atoms with Crippen LogP contribution in [-0.4, -0.2) is 41.5 Å². The molecule has 0 unspecified atom stereocenters. The lowest BCUT2D eigenvalue weighted by Crippen LogP contribution is -2.41. The van der Waals surface area contributed by atoms with Gasteiger partial charge >= 0.3 is 5.97 Å². The molecule has 0 aliphatic carbocycles. The summed E-state index contributed by atoms with van der Waals surface area (Å²) in [6.07, 6.45) is 2.11. The summed E-state index contributed by atoms with van der Waals surface area (Å²) in [6, 6.07) is 12.7. The van der Waals surface area contributed by atoms with E-state index in [9.17, 15) is 9.59 Å². The molecule has 1 amide bonds. The summed E-state index contributed by atoms with van der Waals surface area (Å²) in [5, 5.41) is 0.684. The molecule has 150 valence electrons. The number of esters is 1. The predicted molar refractivity (Wildman–Crippen MR) is 109 cm³/mol. The molecular formula is C23H24N2O4. The second-order valence-corrected chi connectivity index (χ2v) is 7.65. The van der Waals surface area contributed by atoms with Crippen LogP contribution in [0.15, 0.2) is 46.9 Å². The lowest BCUT2D eigenvalue weighted by Gasteiger charge is -2.30. The number of hydrogen-bond acceptors (Lipinski definition) is 5. The Balaban J connectivity index is 1.57. The molecular weight excluding hydrogens is 368 g/mol. The molecule has 1 fully saturated rings. The number of furan rings is 1. The minimum absolute atomic E-state index is 0.148. The number of ether oxygens (including phenoxy) is 1. The number of likely N-dealkylation sites (tertiary alicyclic amines) is 1. The number of carbonyl (C=O) groups excluding carboxylic acids is 2. The van der Waals surface area contributed by atoms with E-state index in [-0.39, 0.29) is 12.5 Å². The Hall–Kier alpha value is -3.15. The van der Waals surface area contributed by atoms with Crippen molar-refractivity contribution >= 4 is 22.8 Å². The van der Waals surface area contributed by atoms with Crippen LogP contribution in [0.2, 0.25) is 0 Å². The number of fused-ring (bicyclic) bond motifs is 1. The quantitative estimate of drug-likeness (QED) is 0.622. The van der Waals surface area contributed by atoms with Gasteiger partial charge in [-0.3, -0.25) is 4.79 Å². The van der Waals surface area contributed by atoms with Gasteiger partial charge in [-0.05, 0) is 49.9 Å². The van der Waals surface area contributed by atoms with Gasteiger partial charge < -0.3 is 14.1 Å². The van der Waals surface area contributed by atoms with Gasteiger partial charge in [0.05, 0.1) is 11.1 Å². The van der Waals surface area contributed by atoms with Crippen LogP contribution >= 0.6 is 0 Å². The fourth-order valence-electron chi connectivity index (χ4n) is 3.75. The molecule has 0 spiro atoms. The Morgan fingerprint density at radius 1 is 1.24 bits per heavy atom. The van der Waals surface area contributed by atoms with Crippen molar-refractivity contribution in [1.82, 2.24) is 9.88 Å². The predicted octanol–water partition coefficient (Wildman–Crippen LogP) is 4.22. The highest BCUT2D eigenvalue weighted by Crippen LogP contribution is 2.26. The molecule has 6 nitrogen and oxygen atoms in total. The van der Waals surface area contributed by atoms with Crippen molar-refractivity contribution in [2.45, 2.75) is 26.7 Å². The number of aryl methyl sites for hydroxylation is 1. The number of aromatic nitrogens is 1. The smallest absolute Gasteiger partial charge is 0.339 e. The molecule has 1 atom stereocenters. The number of amides is 1. The standard InChI is InChI=1S/C23H24N2O4/c1-15-6-5-11-25(13-15)22(26)14-28-23(27)18-12-20(21-10-9-16(2)29-21)24-19-8-4-3-7-17(18)19/h3-4,7-10,12,15H,5-6,11,13-14H2,1-2H3/t15-/m1/s1. The number of hydrogen-bond donors (Lipinski definition) is 0. The normalized spacial score (nSPS) is 16.8. The molecule has 1 saturated heterocycles. The van der Waals surface area contributed by atoms with Gasteiger partial charge in [-0.15, -0.1) is 0 Å². The van der Waals surface area contributed by atoms with Gasteiger partial charge in [0, 0.05) is 18.5 Å². The third-order valence-corrected chi connectivity index (χ3v) is 5.27.